The summed E-state index contributed by atoms with van der Waals surface area (Å²) in [5.41, 5.74) is -1.30. The zero-order valence-corrected chi connectivity index (χ0v) is 19.3. The summed E-state index contributed by atoms with van der Waals surface area (Å²) >= 11 is 0. The van der Waals surface area contributed by atoms with Gasteiger partial charge in [0.05, 0.1) is 0 Å². The number of amides is 4. The van der Waals surface area contributed by atoms with Gasteiger partial charge in [-0.05, 0) is 55.4 Å². The number of nitrogens with zero attached hydrogens (tertiary/aromatic N) is 2. The maximum atomic E-state index is 12.6. The number of piperazine rings is 1. The minimum absolute atomic E-state index is 0.243. The molecule has 0 saturated carbocycles. The van der Waals surface area contributed by atoms with Crippen LogP contribution in [0.4, 0.5) is 9.59 Å². The Morgan fingerprint density at radius 1 is 0.667 bits per heavy atom. The molecule has 2 N–H and O–H groups in total. The van der Waals surface area contributed by atoms with Gasteiger partial charge >= 0.3 is 12.2 Å². The van der Waals surface area contributed by atoms with Gasteiger partial charge in [0, 0.05) is 26.2 Å². The van der Waals surface area contributed by atoms with Gasteiger partial charge in [-0.2, -0.15) is 0 Å². The van der Waals surface area contributed by atoms with E-state index in [0.29, 0.717) is 26.2 Å². The number of rotatable bonds is 4. The molecule has 1 fully saturated rings. The van der Waals surface area contributed by atoms with Crippen molar-refractivity contribution in [1.29, 1.82) is 0 Å². The zero-order valence-electron chi connectivity index (χ0n) is 19.3. The van der Waals surface area contributed by atoms with Crippen molar-refractivity contribution in [1.82, 2.24) is 20.4 Å². The van der Waals surface area contributed by atoms with E-state index in [4.69, 9.17) is 9.47 Å². The summed E-state index contributed by atoms with van der Waals surface area (Å²) in [6.07, 6.45) is -1.31. The van der Waals surface area contributed by atoms with Gasteiger partial charge < -0.3 is 29.9 Å². The van der Waals surface area contributed by atoms with Gasteiger partial charge in [0.15, 0.2) is 0 Å². The maximum Gasteiger partial charge on any atom is 0.408 e. The van der Waals surface area contributed by atoms with E-state index in [1.54, 1.807) is 65.2 Å². The van der Waals surface area contributed by atoms with E-state index in [0.717, 1.165) is 0 Å². The second-order valence-corrected chi connectivity index (χ2v) is 9.39. The molecule has 0 spiro atoms. The van der Waals surface area contributed by atoms with Gasteiger partial charge in [-0.1, -0.05) is 0 Å². The smallest absolute Gasteiger partial charge is 0.408 e. The number of hydrogen-bond acceptors (Lipinski definition) is 6. The van der Waals surface area contributed by atoms with Gasteiger partial charge in [-0.3, -0.25) is 9.59 Å². The summed E-state index contributed by atoms with van der Waals surface area (Å²) in [5.74, 6) is -0.485. The molecule has 1 saturated heterocycles. The molecule has 1 aliphatic rings. The molecule has 0 aromatic carbocycles. The highest BCUT2D eigenvalue weighted by atomic mass is 16.6. The van der Waals surface area contributed by atoms with Gasteiger partial charge in [0.2, 0.25) is 11.8 Å². The quantitative estimate of drug-likeness (QED) is 0.700. The van der Waals surface area contributed by atoms with Crippen molar-refractivity contribution in [3.63, 3.8) is 0 Å². The number of alkyl carbamates (subject to hydrolysis) is 2. The van der Waals surface area contributed by atoms with Crippen molar-refractivity contribution in [3.8, 4) is 0 Å². The van der Waals surface area contributed by atoms with E-state index < -0.39 is 35.5 Å². The molecule has 10 nitrogen and oxygen atoms in total. The Balaban J connectivity index is 2.49. The third-order valence-corrected chi connectivity index (χ3v) is 4.11. The molecule has 0 bridgehead atoms. The fraction of sp³-hybridized carbons (Fsp3) is 0.800. The summed E-state index contributed by atoms with van der Waals surface area (Å²) in [7, 11) is 0. The van der Waals surface area contributed by atoms with Gasteiger partial charge in [-0.25, -0.2) is 9.59 Å². The van der Waals surface area contributed by atoms with Crippen LogP contribution in [0.5, 0.6) is 0 Å². The maximum absolute atomic E-state index is 12.6. The van der Waals surface area contributed by atoms with Crippen LogP contribution >= 0.6 is 0 Å². The number of hydrogen-bond donors (Lipinski definition) is 2. The standard InChI is InChI=1S/C20H36N4O6/c1-13(21-17(27)29-19(3,4)5)15(25)23-9-11-24(12-10-23)16(26)14(2)22-18(28)30-20(6,7)8/h13-14H,9-12H2,1-8H3,(H,21,27)(H,22,28). The molecule has 10 heteroatoms. The minimum Gasteiger partial charge on any atom is -0.444 e. The van der Waals surface area contributed by atoms with Gasteiger partial charge in [-0.15, -0.1) is 0 Å². The molecule has 2 unspecified atom stereocenters. The first-order valence-electron chi connectivity index (χ1n) is 10.2. The molecule has 172 valence electrons. The number of nitrogens with one attached hydrogen (secondary N) is 2. The average molecular weight is 429 g/mol. The van der Waals surface area contributed by atoms with Crippen LogP contribution < -0.4 is 10.6 Å². The summed E-state index contributed by atoms with van der Waals surface area (Å²) in [6, 6.07) is -1.48. The Labute approximate surface area is 178 Å². The van der Waals surface area contributed by atoms with Crippen molar-refractivity contribution in [2.45, 2.75) is 78.7 Å². The zero-order chi connectivity index (χ0) is 23.3. The highest BCUT2D eigenvalue weighted by molar-refractivity contribution is 5.87. The van der Waals surface area contributed by atoms with Crippen LogP contribution in [0.2, 0.25) is 0 Å². The summed E-state index contributed by atoms with van der Waals surface area (Å²) in [5, 5.41) is 5.06. The lowest BCUT2D eigenvalue weighted by atomic mass is 10.2. The summed E-state index contributed by atoms with van der Waals surface area (Å²) in [4.78, 5) is 52.0. The van der Waals surface area contributed by atoms with Gasteiger partial charge in [0.1, 0.15) is 23.3 Å². The second-order valence-electron chi connectivity index (χ2n) is 9.39. The molecule has 1 aliphatic heterocycles. The first-order chi connectivity index (χ1) is 13.6. The van der Waals surface area contributed by atoms with Crippen molar-refractivity contribution < 1.29 is 28.7 Å². The van der Waals surface area contributed by atoms with Crippen molar-refractivity contribution in [3.05, 3.63) is 0 Å². The molecule has 0 aromatic rings. The van der Waals surface area contributed by atoms with E-state index >= 15 is 0 Å². The van der Waals surface area contributed by atoms with Crippen LogP contribution in [-0.4, -0.2) is 83.3 Å². The Morgan fingerprint density at radius 2 is 0.933 bits per heavy atom. The predicted octanol–water partition coefficient (Wildman–Crippen LogP) is 1.48. The lowest BCUT2D eigenvalue weighted by molar-refractivity contribution is -0.141. The summed E-state index contributed by atoms with van der Waals surface area (Å²) in [6.45, 7) is 15.0. The number of carbonyl (C=O) groups excluding carboxylic acids is 4. The average Bonchev–Trinajstić information content (AvgIpc) is 2.56. The van der Waals surface area contributed by atoms with E-state index in [1.165, 1.54) is 0 Å². The van der Waals surface area contributed by atoms with E-state index in [1.807, 2.05) is 0 Å². The van der Waals surface area contributed by atoms with Crippen LogP contribution in [0.3, 0.4) is 0 Å². The molecule has 1 heterocycles. The highest BCUT2D eigenvalue weighted by Crippen LogP contribution is 2.10. The normalized spacial score (nSPS) is 16.9. The third kappa shape index (κ3) is 8.87. The molecule has 0 radical (unpaired) electrons. The molecular formula is C20H36N4O6. The SMILES string of the molecule is CC(NC(=O)OC(C)(C)C)C(=O)N1CCN(C(=O)C(C)NC(=O)OC(C)(C)C)CC1. The van der Waals surface area contributed by atoms with Crippen LogP contribution in [0.25, 0.3) is 0 Å². The monoisotopic (exact) mass is 428 g/mol. The van der Waals surface area contributed by atoms with Crippen LogP contribution in [0.1, 0.15) is 55.4 Å². The molecule has 0 aromatic heterocycles. The Morgan fingerprint density at radius 3 is 1.17 bits per heavy atom. The van der Waals surface area contributed by atoms with Crippen LogP contribution in [0, 0.1) is 0 Å². The molecule has 1 rings (SSSR count). The van der Waals surface area contributed by atoms with Crippen LogP contribution in [0.15, 0.2) is 0 Å². The molecule has 2 atom stereocenters. The van der Waals surface area contributed by atoms with Crippen LogP contribution in [-0.2, 0) is 19.1 Å². The Kier molecular flexibility index (Phi) is 8.50. The lowest BCUT2D eigenvalue weighted by Crippen LogP contribution is -2.58. The highest BCUT2D eigenvalue weighted by Gasteiger charge is 2.31. The second kappa shape index (κ2) is 9.99. The molecule has 0 aliphatic carbocycles. The largest absolute Gasteiger partial charge is 0.444 e. The molecule has 30 heavy (non-hydrogen) atoms. The molecular weight excluding hydrogens is 392 g/mol. The van der Waals surface area contributed by atoms with Crippen molar-refractivity contribution in [2.24, 2.45) is 0 Å². The minimum atomic E-state index is -0.741. The fourth-order valence-electron chi connectivity index (χ4n) is 2.79. The number of ether oxygens (including phenoxy) is 2. The first kappa shape index (κ1) is 25.5. The molecule has 4 amide bonds. The topological polar surface area (TPSA) is 117 Å². The third-order valence-electron chi connectivity index (χ3n) is 4.11. The van der Waals surface area contributed by atoms with Crippen molar-refractivity contribution >= 4 is 24.0 Å². The summed E-state index contributed by atoms with van der Waals surface area (Å²) < 4.78 is 10.3. The lowest BCUT2D eigenvalue weighted by Gasteiger charge is -2.37. The predicted molar refractivity (Wildman–Crippen MR) is 111 cm³/mol. The van der Waals surface area contributed by atoms with Crippen molar-refractivity contribution in [2.75, 3.05) is 26.2 Å². The van der Waals surface area contributed by atoms with E-state index in [9.17, 15) is 19.2 Å². The first-order valence-corrected chi connectivity index (χ1v) is 10.2. The Bertz CT molecular complexity index is 589. The van der Waals surface area contributed by atoms with Gasteiger partial charge in [0.25, 0.3) is 0 Å². The van der Waals surface area contributed by atoms with E-state index in [2.05, 4.69) is 10.6 Å². The number of carbonyl (C=O) groups is 4. The fourth-order valence-corrected chi connectivity index (χ4v) is 2.79. The Hall–Kier alpha value is -2.52. The van der Waals surface area contributed by atoms with E-state index in [-0.39, 0.29) is 11.8 Å².